The molecule has 0 radical (unpaired) electrons. The Hall–Kier alpha value is -1.17. The van der Waals surface area contributed by atoms with Crippen LogP contribution in [0.4, 0.5) is 5.82 Å². The fourth-order valence-corrected chi connectivity index (χ4v) is 3.23. The molecule has 0 saturated carbocycles. The van der Waals surface area contributed by atoms with Crippen LogP contribution in [0.15, 0.2) is 23.7 Å². The van der Waals surface area contributed by atoms with Crippen molar-refractivity contribution in [2.75, 3.05) is 44.2 Å². The fraction of sp³-hybridized carbons (Fsp3) is 0.462. The summed E-state index contributed by atoms with van der Waals surface area (Å²) in [6, 6.07) is 4.23. The number of rotatable bonds is 3. The maximum absolute atomic E-state index is 8.95. The van der Waals surface area contributed by atoms with E-state index in [9.17, 15) is 0 Å². The third-order valence-corrected chi connectivity index (χ3v) is 4.33. The number of hydrogen-bond donors (Lipinski definition) is 1. The Labute approximate surface area is 110 Å². The summed E-state index contributed by atoms with van der Waals surface area (Å²) in [5.74, 6) is 1.11. The van der Waals surface area contributed by atoms with Gasteiger partial charge in [0.05, 0.1) is 6.61 Å². The van der Waals surface area contributed by atoms with E-state index < -0.39 is 0 Å². The van der Waals surface area contributed by atoms with E-state index in [0.29, 0.717) is 0 Å². The second-order valence-electron chi connectivity index (χ2n) is 4.52. The second kappa shape index (κ2) is 5.22. The molecule has 0 atom stereocenters. The second-order valence-corrected chi connectivity index (χ2v) is 5.47. The van der Waals surface area contributed by atoms with E-state index in [-0.39, 0.29) is 6.61 Å². The van der Waals surface area contributed by atoms with Crippen molar-refractivity contribution in [1.29, 1.82) is 0 Å². The smallest absolute Gasteiger partial charge is 0.137 e. The molecule has 1 fully saturated rings. The van der Waals surface area contributed by atoms with Crippen molar-refractivity contribution in [1.82, 2.24) is 9.88 Å². The van der Waals surface area contributed by atoms with Crippen molar-refractivity contribution in [2.45, 2.75) is 0 Å². The average molecular weight is 263 g/mol. The average Bonchev–Trinajstić information content (AvgIpc) is 2.88. The number of β-amino-alcohol motifs (C(OH)–C–C–N with tert-alkyl or cyclic N) is 1. The summed E-state index contributed by atoms with van der Waals surface area (Å²) in [4.78, 5) is 9.18. The molecule has 18 heavy (non-hydrogen) atoms. The lowest BCUT2D eigenvalue weighted by atomic mass is 10.2. The van der Waals surface area contributed by atoms with Crippen molar-refractivity contribution in [2.24, 2.45) is 0 Å². The summed E-state index contributed by atoms with van der Waals surface area (Å²) in [6.45, 7) is 5.01. The molecule has 5 heteroatoms. The Bertz CT molecular complexity index is 520. The van der Waals surface area contributed by atoms with Gasteiger partial charge in [0.25, 0.3) is 0 Å². The Balaban J connectivity index is 1.78. The van der Waals surface area contributed by atoms with Crippen molar-refractivity contribution < 1.29 is 5.11 Å². The summed E-state index contributed by atoms with van der Waals surface area (Å²) in [5.41, 5.74) is 0. The molecule has 4 nitrogen and oxygen atoms in total. The number of aliphatic hydroxyl groups excluding tert-OH is 1. The van der Waals surface area contributed by atoms with E-state index >= 15 is 0 Å². The predicted molar refractivity (Wildman–Crippen MR) is 75.4 cm³/mol. The summed E-state index contributed by atoms with van der Waals surface area (Å²) in [5, 5.41) is 12.3. The molecular weight excluding hydrogens is 246 g/mol. The van der Waals surface area contributed by atoms with Gasteiger partial charge in [-0.25, -0.2) is 4.98 Å². The van der Waals surface area contributed by atoms with Crippen LogP contribution >= 0.6 is 11.3 Å². The molecule has 0 spiro atoms. The number of nitrogens with zero attached hydrogens (tertiary/aromatic N) is 3. The third kappa shape index (κ3) is 2.21. The quantitative estimate of drug-likeness (QED) is 0.909. The lowest BCUT2D eigenvalue weighted by molar-refractivity contribution is 0.188. The van der Waals surface area contributed by atoms with E-state index in [1.807, 2.05) is 6.20 Å². The van der Waals surface area contributed by atoms with Crippen LogP contribution in [0.1, 0.15) is 0 Å². The minimum Gasteiger partial charge on any atom is -0.395 e. The lowest BCUT2D eigenvalue weighted by Crippen LogP contribution is -2.47. The van der Waals surface area contributed by atoms with Gasteiger partial charge in [0.15, 0.2) is 0 Å². The first-order valence-corrected chi connectivity index (χ1v) is 7.17. The molecule has 2 aromatic rings. The van der Waals surface area contributed by atoms with Crippen molar-refractivity contribution in [3.05, 3.63) is 23.7 Å². The molecule has 0 aromatic carbocycles. The zero-order chi connectivity index (χ0) is 12.4. The monoisotopic (exact) mass is 263 g/mol. The van der Waals surface area contributed by atoms with Gasteiger partial charge in [-0.1, -0.05) is 0 Å². The van der Waals surface area contributed by atoms with Crippen LogP contribution in [0.3, 0.4) is 0 Å². The molecule has 1 saturated heterocycles. The van der Waals surface area contributed by atoms with E-state index in [2.05, 4.69) is 32.3 Å². The molecule has 0 unspecified atom stereocenters. The molecule has 2 aromatic heterocycles. The highest BCUT2D eigenvalue weighted by molar-refractivity contribution is 7.17. The maximum atomic E-state index is 8.95. The van der Waals surface area contributed by atoms with Gasteiger partial charge < -0.3 is 10.0 Å². The van der Waals surface area contributed by atoms with Crippen LogP contribution < -0.4 is 4.90 Å². The standard InChI is InChI=1S/C13H17N3OS/c17-9-8-15-4-6-16(7-5-15)13-11-2-10-18-12(11)1-3-14-13/h1-3,10,17H,4-9H2. The van der Waals surface area contributed by atoms with Crippen LogP contribution in [0.5, 0.6) is 0 Å². The molecule has 0 amide bonds. The van der Waals surface area contributed by atoms with Gasteiger partial charge in [-0.2, -0.15) is 0 Å². The van der Waals surface area contributed by atoms with Gasteiger partial charge in [-0.15, -0.1) is 11.3 Å². The van der Waals surface area contributed by atoms with Crippen LogP contribution in [-0.4, -0.2) is 54.3 Å². The van der Waals surface area contributed by atoms with Gasteiger partial charge >= 0.3 is 0 Å². The highest BCUT2D eigenvalue weighted by Crippen LogP contribution is 2.28. The minimum atomic E-state index is 0.248. The van der Waals surface area contributed by atoms with Gasteiger partial charge in [-0.05, 0) is 17.5 Å². The molecular formula is C13H17N3OS. The summed E-state index contributed by atoms with van der Waals surface area (Å²) in [6.07, 6.45) is 1.90. The van der Waals surface area contributed by atoms with Gasteiger partial charge in [0.2, 0.25) is 0 Å². The molecule has 1 aliphatic rings. The van der Waals surface area contributed by atoms with Crippen LogP contribution in [0, 0.1) is 0 Å². The van der Waals surface area contributed by atoms with Crippen LogP contribution in [-0.2, 0) is 0 Å². The Morgan fingerprint density at radius 1 is 1.22 bits per heavy atom. The normalized spacial score (nSPS) is 17.5. The van der Waals surface area contributed by atoms with Crippen LogP contribution in [0.2, 0.25) is 0 Å². The molecule has 1 N–H and O–H groups in total. The van der Waals surface area contributed by atoms with E-state index in [1.165, 1.54) is 10.1 Å². The number of hydrogen-bond acceptors (Lipinski definition) is 5. The summed E-state index contributed by atoms with van der Waals surface area (Å²) >= 11 is 1.76. The molecule has 0 bridgehead atoms. The van der Waals surface area contributed by atoms with Gasteiger partial charge in [0.1, 0.15) is 5.82 Å². The number of thiophene rings is 1. The molecule has 1 aliphatic heterocycles. The number of aromatic nitrogens is 1. The molecule has 3 rings (SSSR count). The molecule has 0 aliphatic carbocycles. The zero-order valence-electron chi connectivity index (χ0n) is 10.2. The Morgan fingerprint density at radius 2 is 2.06 bits per heavy atom. The number of aliphatic hydroxyl groups is 1. The first-order chi connectivity index (χ1) is 8.88. The first kappa shape index (κ1) is 11.9. The van der Waals surface area contributed by atoms with E-state index in [1.54, 1.807) is 11.3 Å². The maximum Gasteiger partial charge on any atom is 0.137 e. The minimum absolute atomic E-state index is 0.248. The summed E-state index contributed by atoms with van der Waals surface area (Å²) in [7, 11) is 0. The number of fused-ring (bicyclic) bond motifs is 1. The zero-order valence-corrected chi connectivity index (χ0v) is 11.1. The molecule has 3 heterocycles. The van der Waals surface area contributed by atoms with E-state index in [4.69, 9.17) is 5.11 Å². The van der Waals surface area contributed by atoms with Gasteiger partial charge in [0, 0.05) is 49.0 Å². The number of pyridine rings is 1. The van der Waals surface area contributed by atoms with E-state index in [0.717, 1.165) is 38.5 Å². The Kier molecular flexibility index (Phi) is 3.45. The third-order valence-electron chi connectivity index (χ3n) is 3.45. The number of piperazine rings is 1. The topological polar surface area (TPSA) is 39.6 Å². The predicted octanol–water partition coefficient (Wildman–Crippen LogP) is 1.41. The number of anilines is 1. The highest BCUT2D eigenvalue weighted by atomic mass is 32.1. The Morgan fingerprint density at radius 3 is 2.83 bits per heavy atom. The van der Waals surface area contributed by atoms with Crippen LogP contribution in [0.25, 0.3) is 10.1 Å². The molecule has 96 valence electrons. The summed E-state index contributed by atoms with van der Waals surface area (Å²) < 4.78 is 1.30. The highest BCUT2D eigenvalue weighted by Gasteiger charge is 2.19. The van der Waals surface area contributed by atoms with Crippen molar-refractivity contribution in [3.63, 3.8) is 0 Å². The SMILES string of the molecule is OCCN1CCN(c2nccc3sccc23)CC1. The van der Waals surface area contributed by atoms with Gasteiger partial charge in [-0.3, -0.25) is 4.90 Å². The lowest BCUT2D eigenvalue weighted by Gasteiger charge is -2.35. The first-order valence-electron chi connectivity index (χ1n) is 6.29. The van der Waals surface area contributed by atoms with Crippen molar-refractivity contribution in [3.8, 4) is 0 Å². The van der Waals surface area contributed by atoms with Crippen molar-refractivity contribution >= 4 is 27.2 Å². The fourth-order valence-electron chi connectivity index (χ4n) is 2.46. The largest absolute Gasteiger partial charge is 0.395 e.